The van der Waals surface area contributed by atoms with Gasteiger partial charge in [-0.25, -0.2) is 27.7 Å². The van der Waals surface area contributed by atoms with E-state index in [0.29, 0.717) is 36.3 Å². The van der Waals surface area contributed by atoms with E-state index in [4.69, 9.17) is 9.88 Å². The number of rotatable bonds is 5. The van der Waals surface area contributed by atoms with E-state index in [1.165, 1.54) is 18.9 Å². The van der Waals surface area contributed by atoms with Gasteiger partial charge in [0.25, 0.3) is 0 Å². The van der Waals surface area contributed by atoms with Gasteiger partial charge in [-0.1, -0.05) is 23.5 Å². The number of amides is 2. The second kappa shape index (κ2) is 9.02. The van der Waals surface area contributed by atoms with E-state index < -0.39 is 15.8 Å². The first-order valence-corrected chi connectivity index (χ1v) is 12.5. The van der Waals surface area contributed by atoms with Gasteiger partial charge >= 0.3 is 6.03 Å². The van der Waals surface area contributed by atoms with Crippen molar-refractivity contribution in [3.8, 4) is 22.9 Å². The van der Waals surface area contributed by atoms with Crippen molar-refractivity contribution in [1.29, 1.82) is 5.26 Å². The molecule has 0 saturated carbocycles. The summed E-state index contributed by atoms with van der Waals surface area (Å²) in [5, 5.41) is 14.7. The van der Waals surface area contributed by atoms with Crippen molar-refractivity contribution in [1.82, 2.24) is 4.98 Å². The maximum Gasteiger partial charge on any atom is 0.330 e. The molecular formula is C22H20FN5O4S2. The molecule has 1 aromatic heterocycles. The Morgan fingerprint density at radius 3 is 2.47 bits per heavy atom. The van der Waals surface area contributed by atoms with Gasteiger partial charge in [0.2, 0.25) is 10.0 Å². The minimum atomic E-state index is -3.93. The molecule has 4 rings (SSSR count). The molecule has 0 bridgehead atoms. The van der Waals surface area contributed by atoms with Crippen LogP contribution in [0.4, 0.5) is 20.0 Å². The summed E-state index contributed by atoms with van der Waals surface area (Å²) in [7, 11) is -2.58. The smallest absolute Gasteiger partial charge is 0.330 e. The van der Waals surface area contributed by atoms with E-state index in [1.807, 2.05) is 6.07 Å². The Balaban J connectivity index is 1.64. The van der Waals surface area contributed by atoms with Crippen molar-refractivity contribution in [2.75, 3.05) is 30.0 Å². The predicted molar refractivity (Wildman–Crippen MR) is 126 cm³/mol. The lowest BCUT2D eigenvalue weighted by molar-refractivity contribution is 0.248. The number of ether oxygens (including phenoxy) is 1. The quantitative estimate of drug-likeness (QED) is 0.568. The highest BCUT2D eigenvalue weighted by Crippen LogP contribution is 2.36. The largest absolute Gasteiger partial charge is 0.493 e. The van der Waals surface area contributed by atoms with Crippen LogP contribution in [0.3, 0.4) is 0 Å². The first kappa shape index (κ1) is 23.6. The highest BCUT2D eigenvalue weighted by Gasteiger charge is 2.31. The highest BCUT2D eigenvalue weighted by molar-refractivity contribution is 7.91. The number of primary sulfonamides is 1. The van der Waals surface area contributed by atoms with Gasteiger partial charge in [0, 0.05) is 24.3 Å². The number of benzene rings is 2. The molecule has 2 heterocycles. The zero-order chi connectivity index (χ0) is 24.6. The van der Waals surface area contributed by atoms with Crippen molar-refractivity contribution in [2.45, 2.75) is 17.6 Å². The number of nitriles is 1. The third-order valence-corrected chi connectivity index (χ3v) is 8.06. The zero-order valence-corrected chi connectivity index (χ0v) is 19.9. The molecule has 0 spiro atoms. The molecule has 2 aromatic carbocycles. The fourth-order valence-corrected chi connectivity index (χ4v) is 5.76. The molecule has 9 nitrogen and oxygen atoms in total. The van der Waals surface area contributed by atoms with Crippen LogP contribution in [0.2, 0.25) is 0 Å². The van der Waals surface area contributed by atoms with Gasteiger partial charge in [0.05, 0.1) is 24.4 Å². The number of halogens is 1. The Hall–Kier alpha value is -3.53. The topological polar surface area (TPSA) is 130 Å². The molecule has 0 unspecified atom stereocenters. The van der Waals surface area contributed by atoms with E-state index in [1.54, 1.807) is 35.2 Å². The van der Waals surface area contributed by atoms with E-state index in [-0.39, 0.29) is 32.4 Å². The van der Waals surface area contributed by atoms with Crippen LogP contribution in [-0.2, 0) is 10.0 Å². The first-order chi connectivity index (χ1) is 16.1. The van der Waals surface area contributed by atoms with Crippen LogP contribution in [0.5, 0.6) is 5.75 Å². The first-order valence-electron chi connectivity index (χ1n) is 10.1. The monoisotopic (exact) mass is 501 g/mol. The van der Waals surface area contributed by atoms with Crippen molar-refractivity contribution in [2.24, 2.45) is 5.14 Å². The van der Waals surface area contributed by atoms with Gasteiger partial charge in [0.1, 0.15) is 0 Å². The number of urea groups is 1. The number of thiazole rings is 1. The second-order valence-corrected chi connectivity index (χ2v) is 10.3. The molecule has 1 saturated heterocycles. The Kier molecular flexibility index (Phi) is 6.26. The van der Waals surface area contributed by atoms with Crippen LogP contribution >= 0.6 is 11.3 Å². The molecule has 1 fully saturated rings. The van der Waals surface area contributed by atoms with Crippen LogP contribution in [0.25, 0.3) is 11.1 Å². The number of hydrogen-bond acceptors (Lipinski definition) is 7. The molecule has 0 aliphatic carbocycles. The fourth-order valence-electron chi connectivity index (χ4n) is 3.79. The van der Waals surface area contributed by atoms with Crippen molar-refractivity contribution in [3.05, 3.63) is 53.5 Å². The summed E-state index contributed by atoms with van der Waals surface area (Å²) in [5.74, 6) is -0.614. The van der Waals surface area contributed by atoms with Crippen LogP contribution in [0.1, 0.15) is 17.7 Å². The van der Waals surface area contributed by atoms with Gasteiger partial charge in [-0.2, -0.15) is 5.26 Å². The van der Waals surface area contributed by atoms with E-state index in [0.717, 1.165) is 17.4 Å². The average molecular weight is 502 g/mol. The molecule has 3 aromatic rings. The summed E-state index contributed by atoms with van der Waals surface area (Å²) in [6.45, 7) is 2.38. The normalized spacial score (nSPS) is 14.3. The summed E-state index contributed by atoms with van der Waals surface area (Å²) in [6.07, 6.45) is 0.639. The number of anilines is 2. The SMILES string of the molecule is COc1c(F)cc(C#N)cc1-c1ccc(N2CCCN(c3nc(C)c(S(N)(=O)=O)s3)C2=O)cc1. The van der Waals surface area contributed by atoms with Gasteiger partial charge in [-0.15, -0.1) is 0 Å². The Morgan fingerprint density at radius 2 is 1.88 bits per heavy atom. The van der Waals surface area contributed by atoms with E-state index >= 15 is 0 Å². The second-order valence-electron chi connectivity index (χ2n) is 7.55. The van der Waals surface area contributed by atoms with E-state index in [2.05, 4.69) is 4.98 Å². The lowest BCUT2D eigenvalue weighted by Gasteiger charge is -2.34. The lowest BCUT2D eigenvalue weighted by Crippen LogP contribution is -2.49. The minimum Gasteiger partial charge on any atom is -0.493 e. The summed E-state index contributed by atoms with van der Waals surface area (Å²) >= 11 is 0.861. The average Bonchev–Trinajstić information content (AvgIpc) is 3.20. The van der Waals surface area contributed by atoms with Gasteiger partial charge in [-0.3, -0.25) is 9.80 Å². The fraction of sp³-hybridized carbons (Fsp3) is 0.227. The van der Waals surface area contributed by atoms with Crippen LogP contribution in [0.15, 0.2) is 40.6 Å². The lowest BCUT2D eigenvalue weighted by atomic mass is 10.0. The summed E-state index contributed by atoms with van der Waals surface area (Å²) in [4.78, 5) is 20.4. The third-order valence-electron chi connectivity index (χ3n) is 5.32. The molecule has 0 atom stereocenters. The summed E-state index contributed by atoms with van der Waals surface area (Å²) in [6, 6.07) is 11.1. The van der Waals surface area contributed by atoms with Crippen LogP contribution < -0.4 is 19.7 Å². The number of aryl methyl sites for hydroxylation is 1. The number of carbonyl (C=O) groups is 1. The third kappa shape index (κ3) is 4.33. The van der Waals surface area contributed by atoms with Crippen LogP contribution in [0, 0.1) is 24.1 Å². The molecule has 12 heteroatoms. The van der Waals surface area contributed by atoms with Crippen molar-refractivity contribution in [3.63, 3.8) is 0 Å². The number of carbonyl (C=O) groups excluding carboxylic acids is 1. The zero-order valence-electron chi connectivity index (χ0n) is 18.3. The Bertz CT molecular complexity index is 1410. The minimum absolute atomic E-state index is 0.0248. The maximum absolute atomic E-state index is 14.3. The van der Waals surface area contributed by atoms with E-state index in [9.17, 15) is 22.9 Å². The standard InChI is InChI=1S/C22H20FN5O4S2/c1-13-20(34(25,30)31)33-21(26-13)28-9-3-8-27(22(28)29)16-6-4-15(5-7-16)17-10-14(12-24)11-18(23)19(17)32-2/h4-7,10-11H,3,8-9H2,1-2H3,(H2,25,30,31). The van der Waals surface area contributed by atoms with Gasteiger partial charge < -0.3 is 4.74 Å². The molecule has 1 aliphatic rings. The molecule has 2 N–H and O–H groups in total. The molecule has 2 amide bonds. The number of nitrogens with zero attached hydrogens (tertiary/aromatic N) is 4. The maximum atomic E-state index is 14.3. The van der Waals surface area contributed by atoms with Gasteiger partial charge in [0.15, 0.2) is 20.9 Å². The molecule has 1 aliphatic heterocycles. The number of nitrogens with two attached hydrogens (primary N) is 1. The molecule has 34 heavy (non-hydrogen) atoms. The number of hydrogen-bond donors (Lipinski definition) is 1. The number of methoxy groups -OCH3 is 1. The Labute approximate surface area is 199 Å². The van der Waals surface area contributed by atoms with Crippen molar-refractivity contribution < 1.29 is 22.3 Å². The number of sulfonamides is 1. The molecule has 176 valence electrons. The highest BCUT2D eigenvalue weighted by atomic mass is 32.2. The van der Waals surface area contributed by atoms with Crippen molar-refractivity contribution >= 4 is 38.2 Å². The summed E-state index contributed by atoms with van der Waals surface area (Å²) < 4.78 is 42.9. The number of aromatic nitrogens is 1. The van der Waals surface area contributed by atoms with Crippen LogP contribution in [-0.4, -0.2) is 39.6 Å². The summed E-state index contributed by atoms with van der Waals surface area (Å²) in [5.41, 5.74) is 2.06. The van der Waals surface area contributed by atoms with Gasteiger partial charge in [-0.05, 0) is 43.2 Å². The predicted octanol–water partition coefficient (Wildman–Crippen LogP) is 3.62. The molecular weight excluding hydrogens is 481 g/mol. The Morgan fingerprint density at radius 1 is 1.21 bits per heavy atom. The molecule has 0 radical (unpaired) electrons.